The molecule has 0 saturated heterocycles. The van der Waals surface area contributed by atoms with E-state index in [9.17, 15) is 0 Å². The van der Waals surface area contributed by atoms with Gasteiger partial charge in [0.1, 0.15) is 0 Å². The quantitative estimate of drug-likeness (QED) is 0.259. The van der Waals surface area contributed by atoms with E-state index in [2.05, 4.69) is 111 Å². The monoisotopic (exact) mass is 646 g/mol. The summed E-state index contributed by atoms with van der Waals surface area (Å²) in [6.07, 6.45) is 2.65. The van der Waals surface area contributed by atoms with Crippen molar-refractivity contribution in [2.24, 2.45) is 5.41 Å². The molecule has 0 aromatic rings. The number of halogens is 4. The third-order valence-electron chi connectivity index (χ3n) is 2.99. The summed E-state index contributed by atoms with van der Waals surface area (Å²) in [5.74, 6) is 0. The minimum atomic E-state index is 0.420. The molecule has 0 N–H and O–H groups in total. The van der Waals surface area contributed by atoms with Crippen LogP contribution in [-0.4, -0.2) is 16.2 Å². The Morgan fingerprint density at radius 2 is 1.71 bits per heavy atom. The van der Waals surface area contributed by atoms with E-state index >= 15 is 0 Å². The Kier molecular flexibility index (Phi) is 8.91. The fourth-order valence-corrected chi connectivity index (χ4v) is 8.72. The lowest BCUT2D eigenvalue weighted by Gasteiger charge is -2.46. The van der Waals surface area contributed by atoms with E-state index in [0.29, 0.717) is 8.84 Å². The molecule has 0 heterocycles. The highest BCUT2D eigenvalue weighted by Crippen LogP contribution is 2.50. The van der Waals surface area contributed by atoms with Crippen molar-refractivity contribution in [1.29, 1.82) is 0 Å². The van der Waals surface area contributed by atoms with Gasteiger partial charge in [-0.3, -0.25) is 0 Å². The maximum atomic E-state index is 2.68. The van der Waals surface area contributed by atoms with Gasteiger partial charge in [-0.1, -0.05) is 111 Å². The Bertz CT molecular complexity index is 168. The van der Waals surface area contributed by atoms with Crippen molar-refractivity contribution in [2.75, 3.05) is 8.86 Å². The maximum absolute atomic E-state index is 2.68. The summed E-state index contributed by atoms with van der Waals surface area (Å²) in [6, 6.07) is 0. The molecule has 0 aromatic heterocycles. The normalized spacial score (nSPS) is 22.5. The Morgan fingerprint density at radius 1 is 1.21 bits per heavy atom. The average molecular weight is 646 g/mol. The van der Waals surface area contributed by atoms with Crippen LogP contribution in [0, 0.1) is 5.41 Å². The summed E-state index contributed by atoms with van der Waals surface area (Å²) in [6.45, 7) is 7.10. The van der Waals surface area contributed by atoms with Crippen molar-refractivity contribution >= 4 is 90.4 Å². The molecule has 0 aliphatic rings. The first-order valence-corrected chi connectivity index (χ1v) is 10.2. The molecule has 0 aliphatic heterocycles. The average Bonchev–Trinajstić information content (AvgIpc) is 2.13. The Morgan fingerprint density at radius 3 is 1.93 bits per heavy atom. The second kappa shape index (κ2) is 7.38. The molecule has 0 nitrogen and oxygen atoms in total. The lowest BCUT2D eigenvalue weighted by molar-refractivity contribution is 0.263. The standard InChI is InChI=1S/C10H18I4/c1-4-5-10(7-12,8(2)13)9(3,14)6-11/h8H,4-7H2,1-3H3. The summed E-state index contributed by atoms with van der Waals surface area (Å²) >= 11 is 10.4. The SMILES string of the molecule is CCCC(CI)(C(C)I)C(C)(I)CI. The third-order valence-corrected chi connectivity index (χ3v) is 9.98. The van der Waals surface area contributed by atoms with E-state index in [0.717, 1.165) is 3.92 Å². The van der Waals surface area contributed by atoms with Crippen LogP contribution in [0.15, 0.2) is 0 Å². The molecule has 0 spiro atoms. The summed E-state index contributed by atoms with van der Waals surface area (Å²) < 4.78 is 3.67. The van der Waals surface area contributed by atoms with E-state index in [1.165, 1.54) is 21.7 Å². The molecule has 4 heteroatoms. The molecule has 0 amide bonds. The fourth-order valence-electron chi connectivity index (χ4n) is 1.77. The molecule has 0 saturated carbocycles. The molecule has 0 fully saturated rings. The van der Waals surface area contributed by atoms with Crippen molar-refractivity contribution in [2.45, 2.75) is 41.0 Å². The van der Waals surface area contributed by atoms with Gasteiger partial charge < -0.3 is 0 Å². The third kappa shape index (κ3) is 3.71. The van der Waals surface area contributed by atoms with Gasteiger partial charge in [0.2, 0.25) is 0 Å². The molecule has 3 atom stereocenters. The zero-order valence-corrected chi connectivity index (χ0v) is 17.5. The van der Waals surface area contributed by atoms with Crippen molar-refractivity contribution in [1.82, 2.24) is 0 Å². The minimum Gasteiger partial charge on any atom is -0.0857 e. The predicted octanol–water partition coefficient (Wildman–Crippen LogP) is 5.66. The van der Waals surface area contributed by atoms with Crippen molar-refractivity contribution in [3.63, 3.8) is 0 Å². The minimum absolute atomic E-state index is 0.420. The van der Waals surface area contributed by atoms with E-state index < -0.39 is 0 Å². The summed E-state index contributed by atoms with van der Waals surface area (Å²) in [5, 5.41) is 0. The highest BCUT2D eigenvalue weighted by Gasteiger charge is 2.47. The zero-order chi connectivity index (χ0) is 11.4. The van der Waals surface area contributed by atoms with Gasteiger partial charge in [-0.25, -0.2) is 0 Å². The predicted molar refractivity (Wildman–Crippen MR) is 101 cm³/mol. The molecule has 0 rings (SSSR count). The van der Waals surface area contributed by atoms with Crippen molar-refractivity contribution in [3.05, 3.63) is 0 Å². The van der Waals surface area contributed by atoms with Gasteiger partial charge in [0, 0.05) is 21.6 Å². The van der Waals surface area contributed by atoms with Crippen LogP contribution in [-0.2, 0) is 0 Å². The van der Waals surface area contributed by atoms with E-state index in [1.807, 2.05) is 0 Å². The molecular weight excluding hydrogens is 628 g/mol. The van der Waals surface area contributed by atoms with Crippen LogP contribution in [0.25, 0.3) is 0 Å². The molecule has 3 unspecified atom stereocenters. The zero-order valence-electron chi connectivity index (χ0n) is 8.92. The van der Waals surface area contributed by atoms with Crippen LogP contribution in [0.4, 0.5) is 0 Å². The first kappa shape index (κ1) is 16.9. The second-order valence-electron chi connectivity index (χ2n) is 3.99. The van der Waals surface area contributed by atoms with Gasteiger partial charge in [-0.2, -0.15) is 0 Å². The van der Waals surface area contributed by atoms with Crippen LogP contribution in [0.2, 0.25) is 0 Å². The summed E-state index contributed by atoms with van der Waals surface area (Å²) in [7, 11) is 0. The van der Waals surface area contributed by atoms with Crippen LogP contribution in [0.1, 0.15) is 33.6 Å². The molecule has 0 bridgehead atoms. The van der Waals surface area contributed by atoms with Gasteiger partial charge in [0.25, 0.3) is 0 Å². The Labute approximate surface area is 143 Å². The second-order valence-corrected chi connectivity index (χ2v) is 9.76. The van der Waals surface area contributed by atoms with Crippen molar-refractivity contribution < 1.29 is 0 Å². The largest absolute Gasteiger partial charge is 0.0857 e. The number of alkyl halides is 4. The lowest BCUT2D eigenvalue weighted by atomic mass is 9.73. The van der Waals surface area contributed by atoms with Crippen LogP contribution in [0.5, 0.6) is 0 Å². The molecule has 0 radical (unpaired) electrons. The Balaban J connectivity index is 5.02. The molecule has 0 aliphatic carbocycles. The highest BCUT2D eigenvalue weighted by atomic mass is 127. The van der Waals surface area contributed by atoms with Gasteiger partial charge in [-0.05, 0) is 13.3 Å². The first-order chi connectivity index (χ1) is 6.38. The van der Waals surface area contributed by atoms with Crippen LogP contribution in [0.3, 0.4) is 0 Å². The van der Waals surface area contributed by atoms with Gasteiger partial charge in [0.15, 0.2) is 0 Å². The Hall–Kier alpha value is 2.92. The fraction of sp³-hybridized carbons (Fsp3) is 1.00. The lowest BCUT2D eigenvalue weighted by Crippen LogP contribution is -2.49. The van der Waals surface area contributed by atoms with Crippen molar-refractivity contribution in [3.8, 4) is 0 Å². The summed E-state index contributed by atoms with van der Waals surface area (Å²) in [4.78, 5) is 0. The van der Waals surface area contributed by atoms with E-state index in [4.69, 9.17) is 0 Å². The smallest absolute Gasteiger partial charge is 0.0356 e. The summed E-state index contributed by atoms with van der Waals surface area (Å²) in [5.41, 5.74) is 0.491. The number of rotatable bonds is 6. The van der Waals surface area contributed by atoms with E-state index in [-0.39, 0.29) is 0 Å². The van der Waals surface area contributed by atoms with Crippen LogP contribution >= 0.6 is 90.4 Å². The molecular formula is C10H18I4. The number of hydrogen-bond acceptors (Lipinski definition) is 0. The highest BCUT2D eigenvalue weighted by molar-refractivity contribution is 14.1. The van der Waals surface area contributed by atoms with Gasteiger partial charge in [-0.15, -0.1) is 0 Å². The molecule has 0 aromatic carbocycles. The number of hydrogen-bond donors (Lipinski definition) is 0. The van der Waals surface area contributed by atoms with Crippen LogP contribution < -0.4 is 0 Å². The topological polar surface area (TPSA) is 0 Å². The van der Waals surface area contributed by atoms with E-state index in [1.54, 1.807) is 0 Å². The maximum Gasteiger partial charge on any atom is 0.0356 e. The molecule has 14 heavy (non-hydrogen) atoms. The van der Waals surface area contributed by atoms with Gasteiger partial charge in [0.05, 0.1) is 0 Å². The van der Waals surface area contributed by atoms with Gasteiger partial charge >= 0.3 is 0 Å². The first-order valence-electron chi connectivity index (χ1n) is 4.83. The molecule has 86 valence electrons.